The maximum Gasteiger partial charge on any atom is 0.354 e. The first kappa shape index (κ1) is 31.1. The lowest BCUT2D eigenvalue weighted by molar-refractivity contribution is 0.236. The van der Waals surface area contributed by atoms with Gasteiger partial charge in [-0.25, -0.2) is 9.18 Å². The van der Waals surface area contributed by atoms with Crippen LogP contribution in [0.3, 0.4) is 0 Å². The van der Waals surface area contributed by atoms with Crippen LogP contribution in [-0.4, -0.2) is 62.5 Å². The molecule has 0 aliphatic heterocycles. The third kappa shape index (κ3) is 7.93. The molecular formula is C29H36ClFN8O3. The van der Waals surface area contributed by atoms with Crippen LogP contribution in [0.25, 0.3) is 28.0 Å². The molecule has 4 aromatic rings. The fourth-order valence-electron chi connectivity index (χ4n) is 4.61. The third-order valence-corrected chi connectivity index (χ3v) is 7.24. The maximum absolute atomic E-state index is 15.1. The van der Waals surface area contributed by atoms with Gasteiger partial charge in [0.15, 0.2) is 11.8 Å². The van der Waals surface area contributed by atoms with Crippen LogP contribution in [0.1, 0.15) is 30.4 Å². The van der Waals surface area contributed by atoms with Gasteiger partial charge in [0.1, 0.15) is 5.65 Å². The van der Waals surface area contributed by atoms with Crippen LogP contribution in [0.15, 0.2) is 58.4 Å². The molecule has 0 fully saturated rings. The van der Waals surface area contributed by atoms with E-state index in [1.54, 1.807) is 36.5 Å². The number of guanidine groups is 1. The summed E-state index contributed by atoms with van der Waals surface area (Å²) < 4.78 is 16.5. The Bertz CT molecular complexity index is 1580. The summed E-state index contributed by atoms with van der Waals surface area (Å²) in [6.07, 6.45) is 4.20. The van der Waals surface area contributed by atoms with Crippen LogP contribution in [-0.2, 0) is 13.0 Å². The van der Waals surface area contributed by atoms with Crippen LogP contribution in [0.5, 0.6) is 0 Å². The number of fused-ring (bicyclic) bond motifs is 1. The van der Waals surface area contributed by atoms with E-state index in [-0.39, 0.29) is 41.8 Å². The summed E-state index contributed by atoms with van der Waals surface area (Å²) >= 11 is 6.21. The second-order valence-electron chi connectivity index (χ2n) is 10.2. The van der Waals surface area contributed by atoms with E-state index >= 15 is 4.39 Å². The number of aliphatic hydroxyl groups is 2. The second-order valence-corrected chi connectivity index (χ2v) is 10.6. The van der Waals surface area contributed by atoms with Crippen molar-refractivity contribution < 1.29 is 14.6 Å². The summed E-state index contributed by atoms with van der Waals surface area (Å²) in [6.45, 7) is 0.762. The number of rotatable bonds is 14. The number of aryl methyl sites for hydroxylation is 1. The summed E-state index contributed by atoms with van der Waals surface area (Å²) in [5.74, 6) is -0.558. The van der Waals surface area contributed by atoms with Crippen molar-refractivity contribution in [3.63, 3.8) is 0 Å². The van der Waals surface area contributed by atoms with Gasteiger partial charge in [0.05, 0.1) is 29.6 Å². The Morgan fingerprint density at radius 2 is 1.88 bits per heavy atom. The molecule has 0 aliphatic rings. The summed E-state index contributed by atoms with van der Waals surface area (Å²) in [5.41, 5.74) is 19.4. The third-order valence-electron chi connectivity index (χ3n) is 6.96. The predicted octanol–water partition coefficient (Wildman–Crippen LogP) is 1.93. The van der Waals surface area contributed by atoms with Crippen molar-refractivity contribution in [2.45, 2.75) is 44.3 Å². The summed E-state index contributed by atoms with van der Waals surface area (Å²) in [7, 11) is 0. The van der Waals surface area contributed by atoms with Crippen molar-refractivity contribution in [2.24, 2.45) is 22.2 Å². The number of aromatic amines is 1. The van der Waals surface area contributed by atoms with E-state index in [1.807, 2.05) is 12.1 Å². The maximum atomic E-state index is 15.1. The number of nitrogens with one attached hydrogen (secondary N) is 2. The van der Waals surface area contributed by atoms with Crippen molar-refractivity contribution in [3.05, 3.63) is 81.1 Å². The lowest BCUT2D eigenvalue weighted by Crippen LogP contribution is -2.33. The summed E-state index contributed by atoms with van der Waals surface area (Å²) in [5, 5.41) is 22.6. The Kier molecular flexibility index (Phi) is 10.7. The molecule has 10 N–H and O–H groups in total. The Hall–Kier alpha value is -3.81. The molecule has 0 aliphatic carbocycles. The zero-order valence-electron chi connectivity index (χ0n) is 23.1. The quantitative estimate of drug-likeness (QED) is 0.0844. The van der Waals surface area contributed by atoms with Gasteiger partial charge in [-0.1, -0.05) is 23.7 Å². The van der Waals surface area contributed by atoms with Crippen molar-refractivity contribution >= 4 is 28.6 Å². The number of aliphatic hydroxyl groups excluding tert-OH is 2. The molecule has 0 bridgehead atoms. The number of benzene rings is 2. The Labute approximate surface area is 247 Å². The fourth-order valence-corrected chi connectivity index (χ4v) is 4.86. The van der Waals surface area contributed by atoms with Gasteiger partial charge in [0.2, 0.25) is 0 Å². The highest BCUT2D eigenvalue weighted by atomic mass is 35.5. The van der Waals surface area contributed by atoms with E-state index in [0.717, 1.165) is 11.1 Å². The van der Waals surface area contributed by atoms with Crippen molar-refractivity contribution in [2.75, 3.05) is 19.8 Å². The van der Waals surface area contributed by atoms with Crippen LogP contribution >= 0.6 is 11.6 Å². The molecular weight excluding hydrogens is 563 g/mol. The molecule has 13 heteroatoms. The summed E-state index contributed by atoms with van der Waals surface area (Å²) in [6, 6.07) is 11.9. The number of aromatic nitrogens is 3. The Morgan fingerprint density at radius 3 is 2.57 bits per heavy atom. The second kappa shape index (κ2) is 14.4. The molecule has 2 atom stereocenters. The molecule has 0 spiro atoms. The van der Waals surface area contributed by atoms with E-state index in [2.05, 4.69) is 20.3 Å². The average molecular weight is 599 g/mol. The van der Waals surface area contributed by atoms with Gasteiger partial charge < -0.3 is 37.7 Å². The van der Waals surface area contributed by atoms with Crippen molar-refractivity contribution in [1.82, 2.24) is 19.9 Å². The highest BCUT2D eigenvalue weighted by molar-refractivity contribution is 6.31. The molecule has 0 saturated carbocycles. The highest BCUT2D eigenvalue weighted by Gasteiger charge is 2.16. The minimum absolute atomic E-state index is 0.00574. The van der Waals surface area contributed by atoms with Gasteiger partial charge in [-0.3, -0.25) is 9.56 Å². The normalized spacial score (nSPS) is 12.9. The van der Waals surface area contributed by atoms with Crippen molar-refractivity contribution in [1.29, 1.82) is 0 Å². The smallest absolute Gasteiger partial charge is 0.354 e. The number of hydrogen-bond donors (Lipinski definition) is 7. The molecule has 2 heterocycles. The Morgan fingerprint density at radius 1 is 1.12 bits per heavy atom. The number of aliphatic imine (C=N–C) groups is 1. The largest absolute Gasteiger partial charge is 0.395 e. The molecule has 42 heavy (non-hydrogen) atoms. The number of hydrogen-bond acceptors (Lipinski definition) is 7. The van der Waals surface area contributed by atoms with E-state index < -0.39 is 11.5 Å². The first-order chi connectivity index (χ1) is 20.2. The van der Waals surface area contributed by atoms with Gasteiger partial charge in [0, 0.05) is 42.3 Å². The van der Waals surface area contributed by atoms with Crippen LogP contribution in [0, 0.1) is 5.82 Å². The van der Waals surface area contributed by atoms with Crippen molar-refractivity contribution in [3.8, 4) is 16.9 Å². The van der Waals surface area contributed by atoms with E-state index in [1.165, 1.54) is 4.57 Å². The molecule has 4 rings (SSSR count). The number of H-pyrrole nitrogens is 1. The molecule has 2 aromatic carbocycles. The number of halogens is 2. The number of nitrogens with two attached hydrogens (primary N) is 3. The molecule has 2 aromatic heterocycles. The highest BCUT2D eigenvalue weighted by Crippen LogP contribution is 2.31. The molecule has 0 radical (unpaired) electrons. The number of nitrogens with zero attached hydrogens (tertiary/aromatic N) is 3. The zero-order valence-corrected chi connectivity index (χ0v) is 23.8. The topological polar surface area (TPSA) is 194 Å². The van der Waals surface area contributed by atoms with E-state index in [9.17, 15) is 9.90 Å². The Balaban J connectivity index is 1.51. The zero-order chi connectivity index (χ0) is 30.2. The minimum Gasteiger partial charge on any atom is -0.395 e. The van der Waals surface area contributed by atoms with Gasteiger partial charge in [-0.15, -0.1) is 0 Å². The summed E-state index contributed by atoms with van der Waals surface area (Å²) in [4.78, 5) is 24.0. The fraction of sp³-hybridized carbons (Fsp3) is 0.345. The average Bonchev–Trinajstić information content (AvgIpc) is 3.38. The van der Waals surface area contributed by atoms with Crippen LogP contribution < -0.4 is 28.2 Å². The van der Waals surface area contributed by atoms with Gasteiger partial charge in [0.25, 0.3) is 0 Å². The van der Waals surface area contributed by atoms with E-state index in [0.29, 0.717) is 61.2 Å². The lowest BCUT2D eigenvalue weighted by Gasteiger charge is -2.15. The first-order valence-electron chi connectivity index (χ1n) is 13.6. The predicted molar refractivity (Wildman–Crippen MR) is 163 cm³/mol. The molecule has 0 unspecified atom stereocenters. The minimum atomic E-state index is -0.571. The van der Waals surface area contributed by atoms with Gasteiger partial charge >= 0.3 is 5.69 Å². The molecule has 0 saturated heterocycles. The van der Waals surface area contributed by atoms with Crippen LogP contribution in [0.4, 0.5) is 4.39 Å². The lowest BCUT2D eigenvalue weighted by atomic mass is 10.0. The molecule has 0 amide bonds. The van der Waals surface area contributed by atoms with Gasteiger partial charge in [-0.05, 0) is 67.1 Å². The SMILES string of the molecule is NC(N)=NCC[C@H](CO)NCc1ccc(-n2cc3cc(-c4cc(CCC[C@@H](N)CO)cc(Cl)c4F)[nH]c3nc2=O)cc1. The van der Waals surface area contributed by atoms with Gasteiger partial charge in [-0.2, -0.15) is 4.98 Å². The van der Waals surface area contributed by atoms with Crippen LogP contribution in [0.2, 0.25) is 5.02 Å². The molecule has 224 valence electrons. The monoisotopic (exact) mass is 598 g/mol. The molecule has 11 nitrogen and oxygen atoms in total. The first-order valence-corrected chi connectivity index (χ1v) is 14.0. The standard InChI is InChI=1S/C29H36ClFN8O3/c30-24-11-18(2-1-3-20(32)15-40)10-23(26(24)31)25-12-19-14-39(29(42)38-27(19)37-25)22-6-4-17(5-7-22)13-36-21(16-41)8-9-35-28(33)34/h4-7,10-12,14,20-21,36,40-41H,1-3,8-9,13,15-16,32H2,(H4,33,34,35)(H,37,38,42)/t20-,21-/m1/s1. The van der Waals surface area contributed by atoms with E-state index in [4.69, 9.17) is 33.9 Å².